The lowest BCUT2D eigenvalue weighted by molar-refractivity contribution is 0.167. The smallest absolute Gasteiger partial charge is 0.317 e. The monoisotopic (exact) mass is 333 g/mol. The zero-order chi connectivity index (χ0) is 17.7. The fraction of sp³-hybridized carbons (Fsp3) is 0.632. The molecule has 1 aromatic rings. The van der Waals surface area contributed by atoms with E-state index in [9.17, 15) is 9.90 Å². The number of benzene rings is 1. The van der Waals surface area contributed by atoms with Gasteiger partial charge in [-0.2, -0.15) is 0 Å². The first-order valence-corrected chi connectivity index (χ1v) is 8.77. The van der Waals surface area contributed by atoms with Gasteiger partial charge in [-0.25, -0.2) is 4.79 Å². The molecule has 2 rings (SSSR count). The number of hydrogen-bond donors (Lipinski definition) is 2. The van der Waals surface area contributed by atoms with E-state index in [0.29, 0.717) is 6.54 Å². The minimum absolute atomic E-state index is 0.00407. The summed E-state index contributed by atoms with van der Waals surface area (Å²) in [6.45, 7) is 10.1. The normalized spacial score (nSPS) is 16.8. The molecule has 24 heavy (non-hydrogen) atoms. The van der Waals surface area contributed by atoms with E-state index in [1.165, 1.54) is 12.8 Å². The average Bonchev–Trinajstić information content (AvgIpc) is 2.98. The molecular weight excluding hydrogens is 302 g/mol. The summed E-state index contributed by atoms with van der Waals surface area (Å²) in [7, 11) is 1.79. The van der Waals surface area contributed by atoms with E-state index >= 15 is 0 Å². The van der Waals surface area contributed by atoms with Gasteiger partial charge in [0.2, 0.25) is 0 Å². The van der Waals surface area contributed by atoms with Crippen LogP contribution < -0.4 is 5.32 Å². The predicted molar refractivity (Wildman–Crippen MR) is 97.0 cm³/mol. The van der Waals surface area contributed by atoms with Crippen LogP contribution in [0.15, 0.2) is 24.3 Å². The van der Waals surface area contributed by atoms with Gasteiger partial charge in [0.15, 0.2) is 0 Å². The Morgan fingerprint density at radius 1 is 1.33 bits per heavy atom. The number of hydrogen-bond acceptors (Lipinski definition) is 3. The molecule has 1 aromatic carbocycles. The Hall–Kier alpha value is -1.75. The number of phenols is 1. The van der Waals surface area contributed by atoms with Crippen molar-refractivity contribution in [3.63, 3.8) is 0 Å². The van der Waals surface area contributed by atoms with E-state index < -0.39 is 0 Å². The molecule has 1 unspecified atom stereocenters. The molecule has 1 atom stereocenters. The maximum atomic E-state index is 12.6. The highest BCUT2D eigenvalue weighted by Gasteiger charge is 2.29. The molecule has 2 N–H and O–H groups in total. The lowest BCUT2D eigenvalue weighted by atomic mass is 9.86. The maximum absolute atomic E-state index is 12.6. The number of likely N-dealkylation sites (tertiary alicyclic amines) is 1. The molecule has 0 saturated carbocycles. The van der Waals surface area contributed by atoms with Gasteiger partial charge >= 0.3 is 6.03 Å². The van der Waals surface area contributed by atoms with Crippen LogP contribution in [0.25, 0.3) is 0 Å². The van der Waals surface area contributed by atoms with Crippen molar-refractivity contribution < 1.29 is 9.90 Å². The largest absolute Gasteiger partial charge is 0.508 e. The lowest BCUT2D eigenvalue weighted by Crippen LogP contribution is -2.53. The molecule has 1 aliphatic rings. The molecule has 1 saturated heterocycles. The molecule has 0 radical (unpaired) electrons. The molecule has 0 aliphatic carbocycles. The molecule has 0 bridgehead atoms. The van der Waals surface area contributed by atoms with Crippen LogP contribution in [-0.4, -0.2) is 53.7 Å². The van der Waals surface area contributed by atoms with Crippen molar-refractivity contribution in [2.75, 3.05) is 26.7 Å². The van der Waals surface area contributed by atoms with Crippen LogP contribution in [0.5, 0.6) is 5.75 Å². The zero-order valence-corrected chi connectivity index (χ0v) is 15.4. The third-order valence-electron chi connectivity index (χ3n) is 4.66. The third-order valence-corrected chi connectivity index (χ3v) is 4.66. The first-order valence-electron chi connectivity index (χ1n) is 8.77. The number of rotatable bonds is 5. The summed E-state index contributed by atoms with van der Waals surface area (Å²) in [5.41, 5.74) is 0.920. The average molecular weight is 333 g/mol. The number of urea groups is 1. The van der Waals surface area contributed by atoms with Crippen LogP contribution >= 0.6 is 0 Å². The Balaban J connectivity index is 1.95. The van der Waals surface area contributed by atoms with Crippen molar-refractivity contribution in [3.05, 3.63) is 29.8 Å². The van der Waals surface area contributed by atoms with Gasteiger partial charge in [0, 0.05) is 26.2 Å². The van der Waals surface area contributed by atoms with E-state index in [-0.39, 0.29) is 23.2 Å². The standard InChI is InChI=1S/C19H31N3O2/c1-19(2,3)17(14-22-10-5-6-11-22)20-18(24)21(4)13-15-8-7-9-16(23)12-15/h7-9,12,17,23H,5-6,10-11,13-14H2,1-4H3,(H,20,24). The molecule has 0 aromatic heterocycles. The number of aromatic hydroxyl groups is 1. The lowest BCUT2D eigenvalue weighted by Gasteiger charge is -2.35. The SMILES string of the molecule is CN(Cc1cccc(O)c1)C(=O)NC(CN1CCCC1)C(C)(C)C. The van der Waals surface area contributed by atoms with E-state index in [2.05, 4.69) is 31.0 Å². The van der Waals surface area contributed by atoms with Crippen molar-refractivity contribution in [1.29, 1.82) is 0 Å². The molecule has 1 fully saturated rings. The quantitative estimate of drug-likeness (QED) is 0.871. The third kappa shape index (κ3) is 5.41. The molecule has 5 heteroatoms. The highest BCUT2D eigenvalue weighted by atomic mass is 16.3. The first kappa shape index (κ1) is 18.6. The second-order valence-corrected chi connectivity index (χ2v) is 7.90. The van der Waals surface area contributed by atoms with Gasteiger partial charge in [-0.15, -0.1) is 0 Å². The van der Waals surface area contributed by atoms with Gasteiger partial charge in [0.1, 0.15) is 5.75 Å². The molecule has 134 valence electrons. The van der Waals surface area contributed by atoms with Crippen molar-refractivity contribution >= 4 is 6.03 Å². The van der Waals surface area contributed by atoms with Gasteiger partial charge in [0.05, 0.1) is 0 Å². The zero-order valence-electron chi connectivity index (χ0n) is 15.4. The fourth-order valence-corrected chi connectivity index (χ4v) is 3.02. The Labute approximate surface area is 145 Å². The van der Waals surface area contributed by atoms with Crippen molar-refractivity contribution in [3.8, 4) is 5.75 Å². The van der Waals surface area contributed by atoms with Gasteiger partial charge < -0.3 is 20.2 Å². The van der Waals surface area contributed by atoms with Gasteiger partial charge in [-0.1, -0.05) is 32.9 Å². The van der Waals surface area contributed by atoms with Crippen LogP contribution in [0.1, 0.15) is 39.2 Å². The van der Waals surface area contributed by atoms with Crippen LogP contribution in [0.2, 0.25) is 0 Å². The highest BCUT2D eigenvalue weighted by Crippen LogP contribution is 2.22. The van der Waals surface area contributed by atoms with E-state index in [1.54, 1.807) is 30.1 Å². The maximum Gasteiger partial charge on any atom is 0.317 e. The summed E-state index contributed by atoms with van der Waals surface area (Å²) in [6, 6.07) is 7.06. The number of nitrogens with one attached hydrogen (secondary N) is 1. The van der Waals surface area contributed by atoms with E-state index in [0.717, 1.165) is 25.2 Å². The van der Waals surface area contributed by atoms with Crippen LogP contribution in [-0.2, 0) is 6.54 Å². The Kier molecular flexibility index (Phi) is 6.10. The topological polar surface area (TPSA) is 55.8 Å². The van der Waals surface area contributed by atoms with Crippen molar-refractivity contribution in [2.45, 2.75) is 46.2 Å². The van der Waals surface area contributed by atoms with Crippen molar-refractivity contribution in [2.24, 2.45) is 5.41 Å². The van der Waals surface area contributed by atoms with Gasteiger partial charge in [-0.3, -0.25) is 0 Å². The van der Waals surface area contributed by atoms with Crippen LogP contribution in [0, 0.1) is 5.41 Å². The summed E-state index contributed by atoms with van der Waals surface area (Å²) in [5, 5.41) is 12.8. The van der Waals surface area contributed by atoms with E-state index in [1.807, 2.05) is 6.07 Å². The number of phenolic OH excluding ortho intramolecular Hbond substituents is 1. The second-order valence-electron chi connectivity index (χ2n) is 7.90. The number of nitrogens with zero attached hydrogens (tertiary/aromatic N) is 2. The molecule has 2 amide bonds. The molecular formula is C19H31N3O2. The summed E-state index contributed by atoms with van der Waals surface area (Å²) < 4.78 is 0. The Morgan fingerprint density at radius 2 is 2.00 bits per heavy atom. The van der Waals surface area contributed by atoms with Crippen LogP contribution in [0.3, 0.4) is 0 Å². The van der Waals surface area contributed by atoms with E-state index in [4.69, 9.17) is 0 Å². The Bertz CT molecular complexity index is 548. The molecule has 1 heterocycles. The van der Waals surface area contributed by atoms with Crippen LogP contribution in [0.4, 0.5) is 4.79 Å². The highest BCUT2D eigenvalue weighted by molar-refractivity contribution is 5.74. The molecule has 0 spiro atoms. The van der Waals surface area contributed by atoms with Gasteiger partial charge in [-0.05, 0) is 49.0 Å². The number of carbonyl (C=O) groups is 1. The summed E-state index contributed by atoms with van der Waals surface area (Å²) in [5.74, 6) is 0.225. The summed E-state index contributed by atoms with van der Waals surface area (Å²) >= 11 is 0. The predicted octanol–water partition coefficient (Wildman–Crippen LogP) is 3.04. The molecule has 5 nitrogen and oxygen atoms in total. The number of carbonyl (C=O) groups excluding carboxylic acids is 1. The molecule has 1 aliphatic heterocycles. The Morgan fingerprint density at radius 3 is 2.58 bits per heavy atom. The van der Waals surface area contributed by atoms with Crippen molar-refractivity contribution in [1.82, 2.24) is 15.1 Å². The summed E-state index contributed by atoms with van der Waals surface area (Å²) in [6.07, 6.45) is 2.50. The fourth-order valence-electron chi connectivity index (χ4n) is 3.02. The summed E-state index contributed by atoms with van der Waals surface area (Å²) in [4.78, 5) is 16.7. The number of amides is 2. The minimum atomic E-state index is -0.0718. The second kappa shape index (κ2) is 7.88. The first-order chi connectivity index (χ1) is 11.3. The minimum Gasteiger partial charge on any atom is -0.508 e. The van der Waals surface area contributed by atoms with Gasteiger partial charge in [0.25, 0.3) is 0 Å².